The SMILES string of the molecule is NC(=O)c1ccc(-n2nc(N)nc2Br)c(Br)c1. The standard InChI is InChI=1S/C9H7Br2N5O/c10-5-3-4(7(12)17)1-2-6(5)16-8(11)14-9(13)15-16/h1-3H,(H2,12,17)(H2,13,15). The van der Waals surface area contributed by atoms with Crippen molar-refractivity contribution in [2.45, 2.75) is 0 Å². The van der Waals surface area contributed by atoms with E-state index in [2.05, 4.69) is 41.9 Å². The van der Waals surface area contributed by atoms with Crippen molar-refractivity contribution in [1.82, 2.24) is 14.8 Å². The van der Waals surface area contributed by atoms with Crippen LogP contribution >= 0.6 is 31.9 Å². The van der Waals surface area contributed by atoms with Crippen LogP contribution in [0.5, 0.6) is 0 Å². The zero-order valence-corrected chi connectivity index (χ0v) is 11.6. The van der Waals surface area contributed by atoms with Crippen LogP contribution in [-0.4, -0.2) is 20.7 Å². The van der Waals surface area contributed by atoms with E-state index in [1.807, 2.05) is 0 Å². The number of carbonyl (C=O) groups excluding carboxylic acids is 1. The Labute approximate surface area is 113 Å². The van der Waals surface area contributed by atoms with Crippen LogP contribution in [0.15, 0.2) is 27.4 Å². The molecule has 0 unspecified atom stereocenters. The number of amides is 1. The first-order chi connectivity index (χ1) is 7.99. The third-order valence-electron chi connectivity index (χ3n) is 2.04. The molecule has 1 aromatic heterocycles. The molecule has 4 N–H and O–H groups in total. The smallest absolute Gasteiger partial charge is 0.248 e. The molecule has 0 saturated carbocycles. The molecule has 2 aromatic rings. The van der Waals surface area contributed by atoms with Crippen LogP contribution in [-0.2, 0) is 0 Å². The number of nitrogen functional groups attached to an aromatic ring is 1. The quantitative estimate of drug-likeness (QED) is 0.846. The summed E-state index contributed by atoms with van der Waals surface area (Å²) in [6.45, 7) is 0. The van der Waals surface area contributed by atoms with Gasteiger partial charge in [-0.1, -0.05) is 0 Å². The molecule has 1 aromatic carbocycles. The Hall–Kier alpha value is -1.41. The van der Waals surface area contributed by atoms with Gasteiger partial charge in [-0.25, -0.2) is 4.68 Å². The number of benzene rings is 1. The minimum absolute atomic E-state index is 0.155. The van der Waals surface area contributed by atoms with Crippen LogP contribution in [0.1, 0.15) is 10.4 Å². The van der Waals surface area contributed by atoms with Crippen molar-refractivity contribution in [3.8, 4) is 5.69 Å². The lowest BCUT2D eigenvalue weighted by atomic mass is 10.2. The maximum Gasteiger partial charge on any atom is 0.248 e. The number of nitrogens with two attached hydrogens (primary N) is 2. The first kappa shape index (κ1) is 12.1. The maximum atomic E-state index is 11.0. The molecule has 0 aliphatic carbocycles. The summed E-state index contributed by atoms with van der Waals surface area (Å²) in [6, 6.07) is 4.91. The number of carbonyl (C=O) groups is 1. The fourth-order valence-electron chi connectivity index (χ4n) is 1.29. The second kappa shape index (κ2) is 4.46. The largest absolute Gasteiger partial charge is 0.366 e. The highest BCUT2D eigenvalue weighted by Gasteiger charge is 2.11. The van der Waals surface area contributed by atoms with Crippen LogP contribution in [0.2, 0.25) is 0 Å². The summed E-state index contributed by atoms with van der Waals surface area (Å²) >= 11 is 6.57. The van der Waals surface area contributed by atoms with E-state index in [0.717, 1.165) is 0 Å². The molecule has 0 saturated heterocycles. The van der Waals surface area contributed by atoms with E-state index in [1.165, 1.54) is 4.68 Å². The summed E-state index contributed by atoms with van der Waals surface area (Å²) in [4.78, 5) is 14.9. The van der Waals surface area contributed by atoms with Gasteiger partial charge in [-0.15, -0.1) is 5.10 Å². The summed E-state index contributed by atoms with van der Waals surface area (Å²) in [5.74, 6) is -0.336. The fraction of sp³-hybridized carbons (Fsp3) is 0. The second-order valence-corrected chi connectivity index (χ2v) is 4.74. The van der Waals surface area contributed by atoms with Gasteiger partial charge in [0.05, 0.1) is 5.69 Å². The van der Waals surface area contributed by atoms with Crippen LogP contribution in [0, 0.1) is 0 Å². The Kier molecular flexibility index (Phi) is 3.16. The van der Waals surface area contributed by atoms with Gasteiger partial charge in [0.2, 0.25) is 16.6 Å². The molecule has 1 heterocycles. The van der Waals surface area contributed by atoms with Crippen LogP contribution in [0.4, 0.5) is 5.95 Å². The average molecular weight is 361 g/mol. The molecule has 0 aliphatic rings. The Balaban J connectivity index is 2.54. The van der Waals surface area contributed by atoms with Crippen molar-refractivity contribution in [2.75, 3.05) is 5.73 Å². The summed E-state index contributed by atoms with van der Waals surface area (Å²) in [5.41, 5.74) is 11.8. The Bertz CT molecular complexity index is 595. The highest BCUT2D eigenvalue weighted by atomic mass is 79.9. The van der Waals surface area contributed by atoms with Crippen molar-refractivity contribution < 1.29 is 4.79 Å². The highest BCUT2D eigenvalue weighted by molar-refractivity contribution is 9.10. The number of nitrogens with zero attached hydrogens (tertiary/aromatic N) is 3. The average Bonchev–Trinajstić information content (AvgIpc) is 2.57. The van der Waals surface area contributed by atoms with Gasteiger partial charge in [-0.2, -0.15) is 4.98 Å². The monoisotopic (exact) mass is 359 g/mol. The highest BCUT2D eigenvalue weighted by Crippen LogP contribution is 2.25. The van der Waals surface area contributed by atoms with E-state index in [9.17, 15) is 4.79 Å². The molecule has 0 spiro atoms. The lowest BCUT2D eigenvalue weighted by Gasteiger charge is -2.06. The van der Waals surface area contributed by atoms with Gasteiger partial charge < -0.3 is 11.5 Å². The minimum atomic E-state index is -0.491. The van der Waals surface area contributed by atoms with E-state index in [4.69, 9.17) is 11.5 Å². The first-order valence-electron chi connectivity index (χ1n) is 4.47. The Morgan fingerprint density at radius 3 is 2.53 bits per heavy atom. The zero-order chi connectivity index (χ0) is 12.6. The van der Waals surface area contributed by atoms with Gasteiger partial charge in [-0.3, -0.25) is 4.79 Å². The van der Waals surface area contributed by atoms with Crippen molar-refractivity contribution in [1.29, 1.82) is 0 Å². The normalized spacial score (nSPS) is 10.5. The first-order valence-corrected chi connectivity index (χ1v) is 6.05. The number of rotatable bonds is 2. The fourth-order valence-corrected chi connectivity index (χ4v) is 2.29. The molecule has 6 nitrogen and oxygen atoms in total. The summed E-state index contributed by atoms with van der Waals surface area (Å²) in [5, 5.41) is 4.01. The zero-order valence-electron chi connectivity index (χ0n) is 8.39. The van der Waals surface area contributed by atoms with Gasteiger partial charge in [0.1, 0.15) is 0 Å². The van der Waals surface area contributed by atoms with Gasteiger partial charge in [-0.05, 0) is 50.1 Å². The number of aromatic nitrogens is 3. The van der Waals surface area contributed by atoms with E-state index < -0.39 is 5.91 Å². The predicted octanol–water partition coefficient (Wildman–Crippen LogP) is 1.47. The molecule has 0 atom stereocenters. The summed E-state index contributed by atoms with van der Waals surface area (Å²) < 4.78 is 2.64. The Morgan fingerprint density at radius 1 is 1.35 bits per heavy atom. The van der Waals surface area contributed by atoms with E-state index in [-0.39, 0.29) is 5.95 Å². The number of hydrogen-bond acceptors (Lipinski definition) is 4. The lowest BCUT2D eigenvalue weighted by molar-refractivity contribution is 0.100. The third-order valence-corrected chi connectivity index (χ3v) is 3.19. The minimum Gasteiger partial charge on any atom is -0.366 e. The van der Waals surface area contributed by atoms with Crippen LogP contribution in [0.25, 0.3) is 5.69 Å². The molecular formula is C9H7Br2N5O. The Morgan fingerprint density at radius 2 is 2.06 bits per heavy atom. The van der Waals surface area contributed by atoms with E-state index in [1.54, 1.807) is 18.2 Å². The van der Waals surface area contributed by atoms with E-state index >= 15 is 0 Å². The molecule has 88 valence electrons. The lowest BCUT2D eigenvalue weighted by Crippen LogP contribution is -2.11. The number of hydrogen-bond donors (Lipinski definition) is 2. The van der Waals surface area contributed by atoms with Gasteiger partial charge in [0.25, 0.3) is 0 Å². The van der Waals surface area contributed by atoms with Crippen molar-refractivity contribution in [3.05, 3.63) is 33.0 Å². The molecule has 8 heteroatoms. The van der Waals surface area contributed by atoms with Crippen LogP contribution in [0.3, 0.4) is 0 Å². The van der Waals surface area contributed by atoms with Gasteiger partial charge in [0.15, 0.2) is 0 Å². The van der Waals surface area contributed by atoms with Crippen molar-refractivity contribution in [2.24, 2.45) is 5.73 Å². The third kappa shape index (κ3) is 2.32. The number of primary amides is 1. The molecule has 0 aliphatic heterocycles. The number of anilines is 1. The molecule has 2 rings (SSSR count). The van der Waals surface area contributed by atoms with Crippen molar-refractivity contribution >= 4 is 43.7 Å². The predicted molar refractivity (Wildman–Crippen MR) is 69.7 cm³/mol. The summed E-state index contributed by atoms with van der Waals surface area (Å²) in [7, 11) is 0. The van der Waals surface area contributed by atoms with Gasteiger partial charge in [0, 0.05) is 10.0 Å². The maximum absolute atomic E-state index is 11.0. The number of halogens is 2. The molecular weight excluding hydrogens is 354 g/mol. The topological polar surface area (TPSA) is 99.8 Å². The summed E-state index contributed by atoms with van der Waals surface area (Å²) in [6.07, 6.45) is 0. The van der Waals surface area contributed by atoms with Gasteiger partial charge >= 0.3 is 0 Å². The molecule has 0 radical (unpaired) electrons. The second-order valence-electron chi connectivity index (χ2n) is 3.18. The molecule has 1 amide bonds. The van der Waals surface area contributed by atoms with Crippen LogP contribution < -0.4 is 11.5 Å². The van der Waals surface area contributed by atoms with E-state index in [0.29, 0.717) is 20.5 Å². The molecule has 17 heavy (non-hydrogen) atoms. The molecule has 0 fully saturated rings. The molecule has 0 bridgehead atoms. The van der Waals surface area contributed by atoms with Crippen molar-refractivity contribution in [3.63, 3.8) is 0 Å².